The highest BCUT2D eigenvalue weighted by molar-refractivity contribution is 7.18. The van der Waals surface area contributed by atoms with Crippen LogP contribution in [0, 0.1) is 5.92 Å². The van der Waals surface area contributed by atoms with E-state index in [1.165, 1.54) is 24.2 Å². The molecule has 1 fully saturated rings. The molecule has 0 saturated heterocycles. The minimum atomic E-state index is -0.0460. The predicted molar refractivity (Wildman–Crippen MR) is 68.5 cm³/mol. The molecule has 16 heavy (non-hydrogen) atoms. The lowest BCUT2D eigenvalue weighted by molar-refractivity contribution is 0.0869. The molecule has 0 amide bonds. The highest BCUT2D eigenvalue weighted by atomic mass is 35.5. The van der Waals surface area contributed by atoms with Gasteiger partial charge >= 0.3 is 0 Å². The fourth-order valence-corrected chi connectivity index (χ4v) is 2.78. The summed E-state index contributed by atoms with van der Waals surface area (Å²) in [5, 5.41) is 0. The van der Waals surface area contributed by atoms with Crippen molar-refractivity contribution in [3.63, 3.8) is 0 Å². The first-order valence-electron chi connectivity index (χ1n) is 5.57. The molecule has 1 heterocycles. The Kier molecular flexibility index (Phi) is 3.67. The summed E-state index contributed by atoms with van der Waals surface area (Å²) in [5.41, 5.74) is 0. The summed E-state index contributed by atoms with van der Waals surface area (Å²) in [6, 6.07) is 3.56. The maximum absolute atomic E-state index is 12.1. The second-order valence-corrected chi connectivity index (χ2v) is 6.24. The van der Waals surface area contributed by atoms with Crippen LogP contribution < -0.4 is 0 Å². The molecule has 1 aromatic heterocycles. The van der Waals surface area contributed by atoms with E-state index < -0.39 is 0 Å². The third kappa shape index (κ3) is 2.84. The molecule has 1 aliphatic carbocycles. The van der Waals surface area contributed by atoms with Gasteiger partial charge in [0.2, 0.25) is 0 Å². The minimum absolute atomic E-state index is 0.0460. The van der Waals surface area contributed by atoms with Crippen molar-refractivity contribution in [2.75, 3.05) is 13.6 Å². The molecule has 2 rings (SSSR count). The number of ketones is 1. The maximum atomic E-state index is 12.1. The van der Waals surface area contributed by atoms with E-state index in [4.69, 9.17) is 11.6 Å². The lowest BCUT2D eigenvalue weighted by Crippen LogP contribution is -2.37. The molecule has 4 heteroatoms. The topological polar surface area (TPSA) is 20.3 Å². The zero-order valence-electron chi connectivity index (χ0n) is 9.57. The van der Waals surface area contributed by atoms with Gasteiger partial charge in [-0.05, 0) is 44.9 Å². The van der Waals surface area contributed by atoms with Gasteiger partial charge in [0.1, 0.15) is 0 Å². The number of hydrogen-bond donors (Lipinski definition) is 0. The Balaban J connectivity index is 1.97. The van der Waals surface area contributed by atoms with E-state index in [1.807, 2.05) is 20.0 Å². The standard InChI is InChI=1S/C12H16ClNOS/c1-8(14(2)7-9-3-4-9)12(15)10-5-6-11(13)16-10/h5-6,8-9H,3-4,7H2,1-2H3. The Hall–Kier alpha value is -0.380. The van der Waals surface area contributed by atoms with E-state index in [0.29, 0.717) is 4.34 Å². The fraction of sp³-hybridized carbons (Fsp3) is 0.583. The molecule has 1 aromatic rings. The van der Waals surface area contributed by atoms with Crippen molar-refractivity contribution in [1.82, 2.24) is 4.90 Å². The van der Waals surface area contributed by atoms with Crippen molar-refractivity contribution >= 4 is 28.7 Å². The Morgan fingerprint density at radius 2 is 2.31 bits per heavy atom. The summed E-state index contributed by atoms with van der Waals surface area (Å²) < 4.78 is 0.681. The molecule has 1 atom stereocenters. The molecule has 0 N–H and O–H groups in total. The van der Waals surface area contributed by atoms with E-state index in [0.717, 1.165) is 17.3 Å². The van der Waals surface area contributed by atoms with E-state index >= 15 is 0 Å². The van der Waals surface area contributed by atoms with E-state index in [1.54, 1.807) is 6.07 Å². The number of carbonyl (C=O) groups is 1. The number of rotatable bonds is 5. The van der Waals surface area contributed by atoms with Crippen LogP contribution >= 0.6 is 22.9 Å². The molecule has 88 valence electrons. The largest absolute Gasteiger partial charge is 0.296 e. The summed E-state index contributed by atoms with van der Waals surface area (Å²) in [5.74, 6) is 0.993. The summed E-state index contributed by atoms with van der Waals surface area (Å²) in [6.07, 6.45) is 2.63. The molecule has 0 aliphatic heterocycles. The lowest BCUT2D eigenvalue weighted by Gasteiger charge is -2.22. The van der Waals surface area contributed by atoms with Gasteiger partial charge in [-0.15, -0.1) is 11.3 Å². The van der Waals surface area contributed by atoms with E-state index in [9.17, 15) is 4.79 Å². The smallest absolute Gasteiger partial charge is 0.189 e. The Morgan fingerprint density at radius 3 is 2.81 bits per heavy atom. The van der Waals surface area contributed by atoms with Crippen molar-refractivity contribution < 1.29 is 4.79 Å². The van der Waals surface area contributed by atoms with Gasteiger partial charge in [-0.2, -0.15) is 0 Å². The number of hydrogen-bond acceptors (Lipinski definition) is 3. The van der Waals surface area contributed by atoms with Crippen LogP contribution in [0.3, 0.4) is 0 Å². The second kappa shape index (κ2) is 4.86. The third-order valence-electron chi connectivity index (χ3n) is 3.10. The van der Waals surface area contributed by atoms with Gasteiger partial charge in [0, 0.05) is 6.54 Å². The average Bonchev–Trinajstić information content (AvgIpc) is 2.96. The zero-order valence-corrected chi connectivity index (χ0v) is 11.1. The number of thiophene rings is 1. The number of halogens is 1. The monoisotopic (exact) mass is 257 g/mol. The second-order valence-electron chi connectivity index (χ2n) is 4.53. The van der Waals surface area contributed by atoms with Gasteiger partial charge < -0.3 is 0 Å². The quantitative estimate of drug-likeness (QED) is 0.755. The highest BCUT2D eigenvalue weighted by Crippen LogP contribution is 2.30. The molecule has 0 bridgehead atoms. The summed E-state index contributed by atoms with van der Waals surface area (Å²) in [7, 11) is 2.02. The number of Topliss-reactive ketones (excluding diaryl/α,β-unsaturated/α-hetero) is 1. The van der Waals surface area contributed by atoms with Gasteiger partial charge in [0.25, 0.3) is 0 Å². The third-order valence-corrected chi connectivity index (χ3v) is 4.35. The summed E-state index contributed by atoms with van der Waals surface area (Å²) >= 11 is 7.20. The fourth-order valence-electron chi connectivity index (χ4n) is 1.72. The van der Waals surface area contributed by atoms with Crippen molar-refractivity contribution in [2.24, 2.45) is 5.92 Å². The molecular formula is C12H16ClNOS. The molecule has 1 aliphatic rings. The van der Waals surface area contributed by atoms with Crippen molar-refractivity contribution in [1.29, 1.82) is 0 Å². The van der Waals surface area contributed by atoms with Crippen LogP contribution in [0.25, 0.3) is 0 Å². The Morgan fingerprint density at radius 1 is 1.62 bits per heavy atom. The zero-order chi connectivity index (χ0) is 11.7. The van der Waals surface area contributed by atoms with Crippen LogP contribution in [0.4, 0.5) is 0 Å². The SMILES string of the molecule is CC(C(=O)c1ccc(Cl)s1)N(C)CC1CC1. The minimum Gasteiger partial charge on any atom is -0.296 e. The van der Waals surface area contributed by atoms with Crippen molar-refractivity contribution in [3.05, 3.63) is 21.3 Å². The van der Waals surface area contributed by atoms with Crippen molar-refractivity contribution in [2.45, 2.75) is 25.8 Å². The van der Waals surface area contributed by atoms with Gasteiger partial charge in [-0.25, -0.2) is 0 Å². The molecule has 0 spiro atoms. The van der Waals surface area contributed by atoms with Crippen molar-refractivity contribution in [3.8, 4) is 0 Å². The number of nitrogens with zero attached hydrogens (tertiary/aromatic N) is 1. The molecular weight excluding hydrogens is 242 g/mol. The van der Waals surface area contributed by atoms with Crippen LogP contribution in [-0.4, -0.2) is 30.3 Å². The number of carbonyl (C=O) groups excluding carboxylic acids is 1. The van der Waals surface area contributed by atoms with Gasteiger partial charge in [-0.1, -0.05) is 11.6 Å². The number of likely N-dealkylation sites (N-methyl/N-ethyl adjacent to an activating group) is 1. The molecule has 0 aromatic carbocycles. The van der Waals surface area contributed by atoms with E-state index in [-0.39, 0.29) is 11.8 Å². The first-order valence-corrected chi connectivity index (χ1v) is 6.77. The molecule has 0 radical (unpaired) electrons. The van der Waals surface area contributed by atoms with Crippen LogP contribution in [0.15, 0.2) is 12.1 Å². The Bertz CT molecular complexity index is 386. The Labute approximate surface area is 105 Å². The molecule has 1 unspecified atom stereocenters. The average molecular weight is 258 g/mol. The van der Waals surface area contributed by atoms with Crippen LogP contribution in [0.2, 0.25) is 4.34 Å². The normalized spacial score (nSPS) is 17.8. The summed E-state index contributed by atoms with van der Waals surface area (Å²) in [6.45, 7) is 3.00. The van der Waals surface area contributed by atoms with Gasteiger partial charge in [0.05, 0.1) is 15.3 Å². The molecule has 2 nitrogen and oxygen atoms in total. The summed E-state index contributed by atoms with van der Waals surface area (Å²) in [4.78, 5) is 15.0. The highest BCUT2D eigenvalue weighted by Gasteiger charge is 2.27. The van der Waals surface area contributed by atoms with E-state index in [2.05, 4.69) is 4.90 Å². The first kappa shape index (κ1) is 12.1. The lowest BCUT2D eigenvalue weighted by atomic mass is 10.1. The van der Waals surface area contributed by atoms with Gasteiger partial charge in [-0.3, -0.25) is 9.69 Å². The maximum Gasteiger partial charge on any atom is 0.189 e. The van der Waals surface area contributed by atoms with Crippen LogP contribution in [0.5, 0.6) is 0 Å². The van der Waals surface area contributed by atoms with Crippen LogP contribution in [0.1, 0.15) is 29.4 Å². The molecule has 1 saturated carbocycles. The predicted octanol–water partition coefficient (Wildman–Crippen LogP) is 3.31. The van der Waals surface area contributed by atoms with Crippen LogP contribution in [-0.2, 0) is 0 Å². The van der Waals surface area contributed by atoms with Gasteiger partial charge in [0.15, 0.2) is 5.78 Å². The first-order chi connectivity index (χ1) is 7.58.